The summed E-state index contributed by atoms with van der Waals surface area (Å²) in [6.07, 6.45) is 0.596. The molecule has 1 rings (SSSR count). The van der Waals surface area contributed by atoms with E-state index in [0.717, 1.165) is 12.1 Å². The summed E-state index contributed by atoms with van der Waals surface area (Å²) in [7, 11) is 3.97. The van der Waals surface area contributed by atoms with Gasteiger partial charge in [-0.3, -0.25) is 4.79 Å². The van der Waals surface area contributed by atoms with Crippen molar-refractivity contribution in [3.05, 3.63) is 34.9 Å². The smallest absolute Gasteiger partial charge is 0.141 e. The number of ketones is 1. The molecule has 3 heteroatoms. The maximum absolute atomic E-state index is 12.3. The third kappa shape index (κ3) is 4.43. The second-order valence-electron chi connectivity index (χ2n) is 5.29. The zero-order valence-corrected chi connectivity index (χ0v) is 12.4. The molecular weight excluding hydrogens is 246 g/mol. The van der Waals surface area contributed by atoms with Crippen LogP contribution in [0.3, 0.4) is 0 Å². The first-order chi connectivity index (χ1) is 8.41. The molecular formula is C15H22ClNO. The Morgan fingerprint density at radius 1 is 1.22 bits per heavy atom. The first-order valence-corrected chi connectivity index (χ1v) is 6.72. The molecule has 0 aromatic heterocycles. The summed E-state index contributed by atoms with van der Waals surface area (Å²) in [5.41, 5.74) is 1.07. The second-order valence-corrected chi connectivity index (χ2v) is 5.73. The van der Waals surface area contributed by atoms with Gasteiger partial charge in [-0.1, -0.05) is 37.6 Å². The average Bonchev–Trinajstić information content (AvgIpc) is 2.29. The number of hydrogen-bond donors (Lipinski definition) is 0. The average molecular weight is 268 g/mol. The monoisotopic (exact) mass is 267 g/mol. The van der Waals surface area contributed by atoms with Crippen LogP contribution in [0.25, 0.3) is 0 Å². The van der Waals surface area contributed by atoms with Crippen molar-refractivity contribution in [2.75, 3.05) is 20.6 Å². The lowest BCUT2D eigenvalue weighted by Gasteiger charge is -2.21. The summed E-state index contributed by atoms with van der Waals surface area (Å²) < 4.78 is 0. The van der Waals surface area contributed by atoms with Crippen molar-refractivity contribution in [1.82, 2.24) is 4.90 Å². The number of carbonyl (C=O) groups excluding carboxylic acids is 1. The van der Waals surface area contributed by atoms with Crippen molar-refractivity contribution in [2.24, 2.45) is 5.92 Å². The first-order valence-electron chi connectivity index (χ1n) is 6.34. The van der Waals surface area contributed by atoms with Crippen LogP contribution in [0.4, 0.5) is 0 Å². The van der Waals surface area contributed by atoms with Gasteiger partial charge in [0.05, 0.1) is 0 Å². The van der Waals surface area contributed by atoms with Crippen molar-refractivity contribution in [3.63, 3.8) is 0 Å². The van der Waals surface area contributed by atoms with Crippen molar-refractivity contribution < 1.29 is 4.79 Å². The van der Waals surface area contributed by atoms with Gasteiger partial charge < -0.3 is 4.90 Å². The van der Waals surface area contributed by atoms with Gasteiger partial charge in [-0.15, -0.1) is 0 Å². The predicted octanol–water partition coefficient (Wildman–Crippen LogP) is 3.60. The van der Waals surface area contributed by atoms with Gasteiger partial charge in [-0.25, -0.2) is 0 Å². The number of Topliss-reactive ketones (excluding diaryl/α,β-unsaturated/α-hetero) is 1. The Morgan fingerprint density at radius 3 is 2.22 bits per heavy atom. The van der Waals surface area contributed by atoms with Crippen molar-refractivity contribution in [1.29, 1.82) is 0 Å². The minimum Gasteiger partial charge on any atom is -0.309 e. The van der Waals surface area contributed by atoms with Gasteiger partial charge in [-0.2, -0.15) is 0 Å². The van der Waals surface area contributed by atoms with Gasteiger partial charge in [0.1, 0.15) is 5.78 Å². The van der Waals surface area contributed by atoms with E-state index in [1.165, 1.54) is 0 Å². The Labute approximate surface area is 115 Å². The SMILES string of the molecule is CC(C)C(C(=O)CCN(C)C)c1ccc(Cl)cc1. The van der Waals surface area contributed by atoms with Gasteiger partial charge in [0.2, 0.25) is 0 Å². The molecule has 0 N–H and O–H groups in total. The molecule has 18 heavy (non-hydrogen) atoms. The maximum atomic E-state index is 12.3. The van der Waals surface area contributed by atoms with Crippen LogP contribution < -0.4 is 0 Å². The van der Waals surface area contributed by atoms with Gasteiger partial charge in [0.25, 0.3) is 0 Å². The van der Waals surface area contributed by atoms with E-state index in [0.29, 0.717) is 23.1 Å². The fourth-order valence-electron chi connectivity index (χ4n) is 2.10. The van der Waals surface area contributed by atoms with Gasteiger partial charge in [0, 0.05) is 23.9 Å². The molecule has 100 valence electrons. The van der Waals surface area contributed by atoms with Gasteiger partial charge in [0.15, 0.2) is 0 Å². The van der Waals surface area contributed by atoms with E-state index in [-0.39, 0.29) is 5.92 Å². The number of hydrogen-bond acceptors (Lipinski definition) is 2. The Hall–Kier alpha value is -0.860. The van der Waals surface area contributed by atoms with Crippen LogP contribution in [0, 0.1) is 5.92 Å². The number of halogens is 1. The zero-order valence-electron chi connectivity index (χ0n) is 11.6. The Morgan fingerprint density at radius 2 is 1.78 bits per heavy atom. The van der Waals surface area contributed by atoms with E-state index in [1.807, 2.05) is 43.3 Å². The Kier molecular flexibility index (Phi) is 5.83. The Balaban J connectivity index is 2.82. The molecule has 0 aliphatic carbocycles. The topological polar surface area (TPSA) is 20.3 Å². The quantitative estimate of drug-likeness (QED) is 0.785. The second kappa shape index (κ2) is 6.91. The highest BCUT2D eigenvalue weighted by molar-refractivity contribution is 6.30. The van der Waals surface area contributed by atoms with Crippen molar-refractivity contribution in [2.45, 2.75) is 26.2 Å². The molecule has 1 atom stereocenters. The fourth-order valence-corrected chi connectivity index (χ4v) is 2.23. The van der Waals surface area contributed by atoms with Crippen LogP contribution in [0.2, 0.25) is 5.02 Å². The highest BCUT2D eigenvalue weighted by atomic mass is 35.5. The van der Waals surface area contributed by atoms with E-state index in [1.54, 1.807) is 0 Å². The summed E-state index contributed by atoms with van der Waals surface area (Å²) in [4.78, 5) is 14.4. The molecule has 0 heterocycles. The lowest BCUT2D eigenvalue weighted by Crippen LogP contribution is -2.23. The van der Waals surface area contributed by atoms with Crippen molar-refractivity contribution in [3.8, 4) is 0 Å². The first kappa shape index (κ1) is 15.2. The lowest BCUT2D eigenvalue weighted by molar-refractivity contribution is -0.121. The molecule has 1 aromatic rings. The normalized spacial score (nSPS) is 13.1. The van der Waals surface area contributed by atoms with E-state index in [4.69, 9.17) is 11.6 Å². The fraction of sp³-hybridized carbons (Fsp3) is 0.533. The van der Waals surface area contributed by atoms with E-state index >= 15 is 0 Å². The molecule has 0 amide bonds. The van der Waals surface area contributed by atoms with Crippen LogP contribution in [0.15, 0.2) is 24.3 Å². The highest BCUT2D eigenvalue weighted by Gasteiger charge is 2.23. The van der Waals surface area contributed by atoms with Crippen LogP contribution in [-0.4, -0.2) is 31.3 Å². The van der Waals surface area contributed by atoms with E-state index in [9.17, 15) is 4.79 Å². The van der Waals surface area contributed by atoms with Crippen LogP contribution in [0.1, 0.15) is 31.7 Å². The number of benzene rings is 1. The van der Waals surface area contributed by atoms with Crippen molar-refractivity contribution >= 4 is 17.4 Å². The van der Waals surface area contributed by atoms with Crippen LogP contribution in [0.5, 0.6) is 0 Å². The molecule has 0 aliphatic rings. The number of carbonyl (C=O) groups is 1. The van der Waals surface area contributed by atoms with Gasteiger partial charge in [-0.05, 0) is 37.7 Å². The molecule has 2 nitrogen and oxygen atoms in total. The molecule has 1 aromatic carbocycles. The zero-order chi connectivity index (χ0) is 13.7. The van der Waals surface area contributed by atoms with Crippen LogP contribution in [-0.2, 0) is 4.79 Å². The standard InChI is InChI=1S/C15H22ClNO/c1-11(2)15(14(18)9-10-17(3)4)12-5-7-13(16)8-6-12/h5-8,11,15H,9-10H2,1-4H3. The summed E-state index contributed by atoms with van der Waals surface area (Å²) >= 11 is 5.89. The summed E-state index contributed by atoms with van der Waals surface area (Å²) in [5.74, 6) is 0.587. The summed E-state index contributed by atoms with van der Waals surface area (Å²) in [6.45, 7) is 4.98. The number of rotatable bonds is 6. The molecule has 0 spiro atoms. The van der Waals surface area contributed by atoms with Gasteiger partial charge >= 0.3 is 0 Å². The molecule has 0 fully saturated rings. The number of nitrogens with zero attached hydrogens (tertiary/aromatic N) is 1. The molecule has 1 unspecified atom stereocenters. The molecule has 0 radical (unpaired) electrons. The lowest BCUT2D eigenvalue weighted by atomic mass is 9.84. The minimum atomic E-state index is -0.0257. The summed E-state index contributed by atoms with van der Waals surface area (Å²) in [6, 6.07) is 7.62. The predicted molar refractivity (Wildman–Crippen MR) is 77.2 cm³/mol. The minimum absolute atomic E-state index is 0.0257. The molecule has 0 saturated heterocycles. The molecule has 0 saturated carbocycles. The largest absolute Gasteiger partial charge is 0.309 e. The molecule has 0 bridgehead atoms. The van der Waals surface area contributed by atoms with Crippen LogP contribution >= 0.6 is 11.6 Å². The van der Waals surface area contributed by atoms with E-state index < -0.39 is 0 Å². The third-order valence-corrected chi connectivity index (χ3v) is 3.30. The maximum Gasteiger partial charge on any atom is 0.141 e. The Bertz CT molecular complexity index is 384. The van der Waals surface area contributed by atoms with E-state index in [2.05, 4.69) is 13.8 Å². The highest BCUT2D eigenvalue weighted by Crippen LogP contribution is 2.27. The third-order valence-electron chi connectivity index (χ3n) is 3.05. The summed E-state index contributed by atoms with van der Waals surface area (Å²) in [5, 5.41) is 0.710. The molecule has 0 aliphatic heterocycles.